The molecule has 0 aliphatic carbocycles. The van der Waals surface area contributed by atoms with Gasteiger partial charge in [0, 0.05) is 11.1 Å². The van der Waals surface area contributed by atoms with Gasteiger partial charge in [0.15, 0.2) is 15.4 Å². The zero-order valence-corrected chi connectivity index (χ0v) is 9.12. The predicted octanol–water partition coefficient (Wildman–Crippen LogP) is 1.76. The van der Waals surface area contributed by atoms with Gasteiger partial charge in [-0.3, -0.25) is 0 Å². The molecule has 80 valence electrons. The Morgan fingerprint density at radius 3 is 2.80 bits per heavy atom. The normalized spacial score (nSPS) is 12.1. The minimum absolute atomic E-state index is 0.0550. The Morgan fingerprint density at radius 1 is 1.33 bits per heavy atom. The molecule has 0 atom stereocenters. The molecule has 0 aliphatic rings. The van der Waals surface area contributed by atoms with Gasteiger partial charge in [-0.15, -0.1) is 0 Å². The van der Waals surface area contributed by atoms with E-state index in [4.69, 9.17) is 4.52 Å². The first kappa shape index (κ1) is 10.2. The Bertz CT molecular complexity index is 571. The molecule has 1 aromatic carbocycles. The standard InChI is InChI=1S/C10H11NO3S/c1-2-15(12,13)7-9-8-5-3-4-6-10(8)14-11-9/h3-6H,2,7H2,1H3. The second-order valence-electron chi connectivity index (χ2n) is 3.30. The fraction of sp³-hybridized carbons (Fsp3) is 0.300. The topological polar surface area (TPSA) is 60.2 Å². The van der Waals surface area contributed by atoms with Gasteiger partial charge in [-0.05, 0) is 12.1 Å². The predicted molar refractivity (Wildman–Crippen MR) is 57.2 cm³/mol. The van der Waals surface area contributed by atoms with Crippen molar-refractivity contribution in [2.24, 2.45) is 0 Å². The van der Waals surface area contributed by atoms with Gasteiger partial charge in [0.25, 0.3) is 0 Å². The van der Waals surface area contributed by atoms with Gasteiger partial charge in [-0.1, -0.05) is 24.2 Å². The van der Waals surface area contributed by atoms with Gasteiger partial charge in [0.2, 0.25) is 0 Å². The first-order valence-electron chi connectivity index (χ1n) is 4.66. The number of sulfone groups is 1. The van der Waals surface area contributed by atoms with E-state index in [0.717, 1.165) is 5.39 Å². The van der Waals surface area contributed by atoms with Crippen molar-refractivity contribution < 1.29 is 12.9 Å². The van der Waals surface area contributed by atoms with E-state index in [9.17, 15) is 8.42 Å². The first-order chi connectivity index (χ1) is 7.12. The van der Waals surface area contributed by atoms with Crippen molar-refractivity contribution in [2.75, 3.05) is 5.75 Å². The van der Waals surface area contributed by atoms with E-state index in [1.807, 2.05) is 18.2 Å². The van der Waals surface area contributed by atoms with Crippen molar-refractivity contribution in [3.05, 3.63) is 30.0 Å². The first-order valence-corrected chi connectivity index (χ1v) is 6.48. The number of fused-ring (bicyclic) bond motifs is 1. The lowest BCUT2D eigenvalue weighted by molar-refractivity contribution is 0.448. The summed E-state index contributed by atoms with van der Waals surface area (Å²) in [5.41, 5.74) is 1.12. The number of hydrogen-bond acceptors (Lipinski definition) is 4. The van der Waals surface area contributed by atoms with E-state index in [-0.39, 0.29) is 11.5 Å². The van der Waals surface area contributed by atoms with Crippen molar-refractivity contribution in [3.63, 3.8) is 0 Å². The fourth-order valence-electron chi connectivity index (χ4n) is 1.35. The molecular weight excluding hydrogens is 214 g/mol. The molecule has 0 saturated carbocycles. The van der Waals surface area contributed by atoms with Crippen molar-refractivity contribution >= 4 is 20.8 Å². The maximum atomic E-state index is 11.4. The molecule has 1 aromatic heterocycles. The lowest BCUT2D eigenvalue weighted by atomic mass is 10.2. The summed E-state index contributed by atoms with van der Waals surface area (Å²) in [5, 5.41) is 4.55. The molecule has 0 unspecified atom stereocenters. The molecule has 0 bridgehead atoms. The zero-order chi connectivity index (χ0) is 10.9. The maximum Gasteiger partial charge on any atom is 0.167 e. The number of rotatable bonds is 3. The molecule has 0 radical (unpaired) electrons. The molecule has 0 fully saturated rings. The summed E-state index contributed by atoms with van der Waals surface area (Å²) in [6.07, 6.45) is 0. The van der Waals surface area contributed by atoms with Crippen LogP contribution in [0.1, 0.15) is 12.6 Å². The average Bonchev–Trinajstić information content (AvgIpc) is 2.62. The van der Waals surface area contributed by atoms with Crippen molar-refractivity contribution in [1.29, 1.82) is 0 Å². The third-order valence-corrected chi connectivity index (χ3v) is 3.84. The van der Waals surface area contributed by atoms with Crippen LogP contribution in [-0.4, -0.2) is 19.3 Å². The van der Waals surface area contributed by atoms with Gasteiger partial charge in [0.1, 0.15) is 5.69 Å². The quantitative estimate of drug-likeness (QED) is 0.798. The number of benzene rings is 1. The van der Waals surface area contributed by atoms with E-state index < -0.39 is 9.84 Å². The van der Waals surface area contributed by atoms with Crippen molar-refractivity contribution in [1.82, 2.24) is 5.16 Å². The highest BCUT2D eigenvalue weighted by Gasteiger charge is 2.15. The van der Waals surface area contributed by atoms with Crippen LogP contribution in [0.2, 0.25) is 0 Å². The highest BCUT2D eigenvalue weighted by molar-refractivity contribution is 7.90. The molecule has 0 spiro atoms. The third-order valence-electron chi connectivity index (χ3n) is 2.25. The van der Waals surface area contributed by atoms with Crippen molar-refractivity contribution in [3.8, 4) is 0 Å². The van der Waals surface area contributed by atoms with Crippen LogP contribution in [0.5, 0.6) is 0 Å². The van der Waals surface area contributed by atoms with E-state index >= 15 is 0 Å². The number of aromatic nitrogens is 1. The van der Waals surface area contributed by atoms with Crippen LogP contribution in [0.15, 0.2) is 28.8 Å². The lowest BCUT2D eigenvalue weighted by Gasteiger charge is -1.96. The molecule has 15 heavy (non-hydrogen) atoms. The number of hydrogen-bond donors (Lipinski definition) is 0. The molecule has 0 N–H and O–H groups in total. The van der Waals surface area contributed by atoms with Gasteiger partial charge in [0.05, 0.1) is 5.75 Å². The van der Waals surface area contributed by atoms with Crippen LogP contribution in [0.4, 0.5) is 0 Å². The van der Waals surface area contributed by atoms with Gasteiger partial charge in [-0.25, -0.2) is 8.42 Å². The van der Waals surface area contributed by atoms with Crippen LogP contribution >= 0.6 is 0 Å². The van der Waals surface area contributed by atoms with Crippen LogP contribution in [-0.2, 0) is 15.6 Å². The molecule has 1 heterocycles. The highest BCUT2D eigenvalue weighted by Crippen LogP contribution is 2.19. The minimum atomic E-state index is -3.06. The Labute approximate surface area is 87.8 Å². The van der Waals surface area contributed by atoms with E-state index in [1.54, 1.807) is 13.0 Å². The summed E-state index contributed by atoms with van der Waals surface area (Å²) in [7, 11) is -3.06. The average molecular weight is 225 g/mol. The maximum absolute atomic E-state index is 11.4. The molecular formula is C10H11NO3S. The summed E-state index contributed by atoms with van der Waals surface area (Å²) < 4.78 is 27.9. The smallest absolute Gasteiger partial charge is 0.167 e. The Kier molecular flexibility index (Phi) is 2.48. The SMILES string of the molecule is CCS(=O)(=O)Cc1noc2ccccc12. The fourth-order valence-corrected chi connectivity index (χ4v) is 2.18. The molecule has 2 rings (SSSR count). The summed E-state index contributed by atoms with van der Waals surface area (Å²) in [5.74, 6) is 0.0642. The highest BCUT2D eigenvalue weighted by atomic mass is 32.2. The Morgan fingerprint density at radius 2 is 2.07 bits per heavy atom. The van der Waals surface area contributed by atoms with E-state index in [0.29, 0.717) is 11.3 Å². The van der Waals surface area contributed by atoms with Gasteiger partial charge >= 0.3 is 0 Å². The second kappa shape index (κ2) is 3.66. The van der Waals surface area contributed by atoms with Crippen LogP contribution in [0.25, 0.3) is 11.0 Å². The molecule has 0 aliphatic heterocycles. The van der Waals surface area contributed by atoms with Gasteiger partial charge in [-0.2, -0.15) is 0 Å². The largest absolute Gasteiger partial charge is 0.356 e. The lowest BCUT2D eigenvalue weighted by Crippen LogP contribution is -2.06. The second-order valence-corrected chi connectivity index (χ2v) is 5.66. The Balaban J connectivity index is 2.46. The third kappa shape index (κ3) is 2.02. The van der Waals surface area contributed by atoms with Crippen LogP contribution < -0.4 is 0 Å². The van der Waals surface area contributed by atoms with E-state index in [2.05, 4.69) is 5.16 Å². The zero-order valence-electron chi connectivity index (χ0n) is 8.30. The summed E-state index contributed by atoms with van der Waals surface area (Å²) in [6, 6.07) is 7.24. The van der Waals surface area contributed by atoms with Crippen LogP contribution in [0.3, 0.4) is 0 Å². The van der Waals surface area contributed by atoms with Crippen molar-refractivity contribution in [2.45, 2.75) is 12.7 Å². The number of para-hydroxylation sites is 1. The van der Waals surface area contributed by atoms with E-state index in [1.165, 1.54) is 0 Å². The Hall–Kier alpha value is -1.36. The summed E-state index contributed by atoms with van der Waals surface area (Å²) in [4.78, 5) is 0. The van der Waals surface area contributed by atoms with Crippen LogP contribution in [0, 0.1) is 0 Å². The molecule has 2 aromatic rings. The minimum Gasteiger partial charge on any atom is -0.356 e. The molecule has 5 heteroatoms. The van der Waals surface area contributed by atoms with Gasteiger partial charge < -0.3 is 4.52 Å². The monoisotopic (exact) mass is 225 g/mol. The summed E-state index contributed by atoms with van der Waals surface area (Å²) >= 11 is 0. The summed E-state index contributed by atoms with van der Waals surface area (Å²) in [6.45, 7) is 1.62. The molecule has 4 nitrogen and oxygen atoms in total. The molecule has 0 amide bonds. The molecule has 0 saturated heterocycles. The number of nitrogens with zero attached hydrogens (tertiary/aromatic N) is 1.